The van der Waals surface area contributed by atoms with E-state index in [2.05, 4.69) is 6.92 Å². The highest BCUT2D eigenvalue weighted by Crippen LogP contribution is 2.14. The molecule has 0 rings (SSSR count). The van der Waals surface area contributed by atoms with Gasteiger partial charge in [-0.2, -0.15) is 0 Å². The highest BCUT2D eigenvalue weighted by molar-refractivity contribution is 5.84. The van der Waals surface area contributed by atoms with Crippen molar-refractivity contribution in [2.24, 2.45) is 5.73 Å². The Bertz CT molecular complexity index is 344. The molecule has 0 aromatic rings. The van der Waals surface area contributed by atoms with E-state index in [4.69, 9.17) is 10.8 Å². The molecule has 0 saturated carbocycles. The van der Waals surface area contributed by atoms with Gasteiger partial charge in [0.1, 0.15) is 5.78 Å². The van der Waals surface area contributed by atoms with Gasteiger partial charge in [-0.15, -0.1) is 0 Å². The maximum absolute atomic E-state index is 11.8. The molecule has 0 aromatic heterocycles. The Morgan fingerprint density at radius 3 is 1.46 bits per heavy atom. The van der Waals surface area contributed by atoms with Crippen LogP contribution >= 0.6 is 0 Å². The Balaban J connectivity index is 3.24. The minimum atomic E-state index is -0.889. The number of unbranched alkanes of at least 4 members (excludes halogenated alkanes) is 14. The zero-order valence-corrected chi connectivity index (χ0v) is 17.1. The van der Waals surface area contributed by atoms with Crippen molar-refractivity contribution in [2.45, 2.75) is 129 Å². The summed E-state index contributed by atoms with van der Waals surface area (Å²) in [5.41, 5.74) is 5.71. The van der Waals surface area contributed by atoms with Crippen LogP contribution in [0.25, 0.3) is 0 Å². The average Bonchev–Trinajstić information content (AvgIpc) is 2.62. The van der Waals surface area contributed by atoms with E-state index in [1.165, 1.54) is 83.5 Å². The van der Waals surface area contributed by atoms with E-state index in [1.807, 2.05) is 0 Å². The number of ketones is 1. The van der Waals surface area contributed by atoms with Gasteiger partial charge in [0.15, 0.2) is 0 Å². The second kappa shape index (κ2) is 18.9. The third-order valence-electron chi connectivity index (χ3n) is 5.11. The Morgan fingerprint density at radius 2 is 1.08 bits per heavy atom. The predicted octanol–water partition coefficient (Wildman–Crippen LogP) is 6.01. The van der Waals surface area contributed by atoms with E-state index >= 15 is 0 Å². The van der Waals surface area contributed by atoms with Crippen molar-refractivity contribution in [1.29, 1.82) is 0 Å². The average molecular weight is 370 g/mol. The Kier molecular flexibility index (Phi) is 18.2. The van der Waals surface area contributed by atoms with E-state index in [-0.39, 0.29) is 18.6 Å². The molecule has 0 aliphatic carbocycles. The van der Waals surface area contributed by atoms with Gasteiger partial charge in [0.25, 0.3) is 0 Å². The summed E-state index contributed by atoms with van der Waals surface area (Å²) in [6, 6.07) is -0.599. The first-order chi connectivity index (χ1) is 12.6. The molecule has 0 spiro atoms. The summed E-state index contributed by atoms with van der Waals surface area (Å²) in [7, 11) is 0. The van der Waals surface area contributed by atoms with Gasteiger partial charge in [-0.3, -0.25) is 9.59 Å². The van der Waals surface area contributed by atoms with Gasteiger partial charge in [0, 0.05) is 12.8 Å². The fourth-order valence-electron chi connectivity index (χ4n) is 3.30. The number of carbonyl (C=O) groups excluding carboxylic acids is 1. The van der Waals surface area contributed by atoms with E-state index in [0.717, 1.165) is 12.8 Å². The Hall–Kier alpha value is -0.900. The van der Waals surface area contributed by atoms with Crippen molar-refractivity contribution in [3.63, 3.8) is 0 Å². The van der Waals surface area contributed by atoms with Crippen molar-refractivity contribution in [2.75, 3.05) is 0 Å². The van der Waals surface area contributed by atoms with Crippen LogP contribution in [0.1, 0.15) is 122 Å². The molecule has 0 aromatic carbocycles. The maximum Gasteiger partial charge on any atom is 0.303 e. The number of carboxylic acids is 1. The number of carbonyl (C=O) groups is 2. The van der Waals surface area contributed by atoms with E-state index in [0.29, 0.717) is 6.42 Å². The monoisotopic (exact) mass is 369 g/mol. The summed E-state index contributed by atoms with van der Waals surface area (Å²) in [6.07, 6.45) is 20.3. The number of hydrogen-bond donors (Lipinski definition) is 2. The van der Waals surface area contributed by atoms with E-state index in [1.54, 1.807) is 0 Å². The molecule has 1 atom stereocenters. The van der Waals surface area contributed by atoms with Crippen LogP contribution in [0.15, 0.2) is 0 Å². The highest BCUT2D eigenvalue weighted by atomic mass is 16.4. The predicted molar refractivity (Wildman–Crippen MR) is 109 cm³/mol. The summed E-state index contributed by atoms with van der Waals surface area (Å²) >= 11 is 0. The van der Waals surface area contributed by atoms with Gasteiger partial charge < -0.3 is 10.8 Å². The smallest absolute Gasteiger partial charge is 0.303 e. The van der Waals surface area contributed by atoms with Crippen LogP contribution in [0.2, 0.25) is 0 Å². The van der Waals surface area contributed by atoms with Crippen molar-refractivity contribution < 1.29 is 14.7 Å². The molecule has 0 heterocycles. The number of aliphatic carboxylic acids is 1. The first-order valence-corrected chi connectivity index (χ1v) is 11.1. The summed E-state index contributed by atoms with van der Waals surface area (Å²) in [4.78, 5) is 22.2. The second-order valence-corrected chi connectivity index (χ2v) is 7.70. The molecule has 0 bridgehead atoms. The molecule has 154 valence electrons. The van der Waals surface area contributed by atoms with Gasteiger partial charge in [0.2, 0.25) is 0 Å². The molecule has 0 aliphatic rings. The van der Waals surface area contributed by atoms with Crippen LogP contribution in [0.3, 0.4) is 0 Å². The number of rotatable bonds is 20. The SMILES string of the molecule is CCCCCCCCCCCCCCCCCC(=O)C(N)CCC(=O)O. The van der Waals surface area contributed by atoms with Crippen molar-refractivity contribution in [1.82, 2.24) is 0 Å². The Labute approximate surface area is 161 Å². The van der Waals surface area contributed by atoms with Crippen LogP contribution in [-0.4, -0.2) is 22.9 Å². The molecule has 1 unspecified atom stereocenters. The lowest BCUT2D eigenvalue weighted by Gasteiger charge is -2.08. The van der Waals surface area contributed by atoms with Crippen LogP contribution < -0.4 is 5.73 Å². The lowest BCUT2D eigenvalue weighted by atomic mass is 10.0. The first-order valence-electron chi connectivity index (χ1n) is 11.1. The zero-order chi connectivity index (χ0) is 19.5. The van der Waals surface area contributed by atoms with Gasteiger partial charge >= 0.3 is 5.97 Å². The fourth-order valence-corrected chi connectivity index (χ4v) is 3.30. The molecule has 4 heteroatoms. The van der Waals surface area contributed by atoms with Gasteiger partial charge in [-0.25, -0.2) is 0 Å². The summed E-state index contributed by atoms with van der Waals surface area (Å²) < 4.78 is 0. The Morgan fingerprint density at radius 1 is 0.692 bits per heavy atom. The topological polar surface area (TPSA) is 80.4 Å². The zero-order valence-electron chi connectivity index (χ0n) is 17.1. The molecular formula is C22H43NO3. The first kappa shape index (κ1) is 25.1. The molecule has 0 radical (unpaired) electrons. The lowest BCUT2D eigenvalue weighted by molar-refractivity contribution is -0.137. The molecule has 3 N–H and O–H groups in total. The molecule has 0 saturated heterocycles. The van der Waals surface area contributed by atoms with Crippen LogP contribution in [0, 0.1) is 0 Å². The second-order valence-electron chi connectivity index (χ2n) is 7.70. The number of nitrogens with two attached hydrogens (primary N) is 1. The third-order valence-corrected chi connectivity index (χ3v) is 5.11. The molecule has 0 aliphatic heterocycles. The molecule has 4 nitrogen and oxygen atoms in total. The minimum Gasteiger partial charge on any atom is -0.481 e. The van der Waals surface area contributed by atoms with Crippen LogP contribution in [-0.2, 0) is 9.59 Å². The third kappa shape index (κ3) is 17.9. The highest BCUT2D eigenvalue weighted by Gasteiger charge is 2.14. The number of hydrogen-bond acceptors (Lipinski definition) is 3. The molecule has 26 heavy (non-hydrogen) atoms. The summed E-state index contributed by atoms with van der Waals surface area (Å²) in [6.45, 7) is 2.26. The van der Waals surface area contributed by atoms with Gasteiger partial charge in [0.05, 0.1) is 6.04 Å². The molecule has 0 fully saturated rings. The lowest BCUT2D eigenvalue weighted by Crippen LogP contribution is -2.30. The fraction of sp³-hybridized carbons (Fsp3) is 0.909. The quantitative estimate of drug-likeness (QED) is 0.258. The van der Waals surface area contributed by atoms with Crippen molar-refractivity contribution >= 4 is 11.8 Å². The summed E-state index contributed by atoms with van der Waals surface area (Å²) in [5, 5.41) is 8.59. The van der Waals surface area contributed by atoms with E-state index < -0.39 is 12.0 Å². The molecular weight excluding hydrogens is 326 g/mol. The minimum absolute atomic E-state index is 0.0148. The molecule has 0 amide bonds. The van der Waals surface area contributed by atoms with Crippen molar-refractivity contribution in [3.8, 4) is 0 Å². The van der Waals surface area contributed by atoms with Crippen LogP contribution in [0.5, 0.6) is 0 Å². The van der Waals surface area contributed by atoms with Gasteiger partial charge in [-0.05, 0) is 12.8 Å². The summed E-state index contributed by atoms with van der Waals surface area (Å²) in [5.74, 6) is -0.874. The van der Waals surface area contributed by atoms with Crippen LogP contribution in [0.4, 0.5) is 0 Å². The number of Topliss-reactive ketones (excluding diaryl/α,β-unsaturated/α-hetero) is 1. The van der Waals surface area contributed by atoms with E-state index in [9.17, 15) is 9.59 Å². The number of carboxylic acid groups (broad SMARTS) is 1. The maximum atomic E-state index is 11.8. The standard InChI is InChI=1S/C22H43NO3/c1-2-3-4-5-6-7-8-9-10-11-12-13-14-15-16-17-21(24)20(23)18-19-22(25)26/h20H,2-19,23H2,1H3,(H,25,26). The normalized spacial score (nSPS) is 12.2. The largest absolute Gasteiger partial charge is 0.481 e. The van der Waals surface area contributed by atoms with Crippen molar-refractivity contribution in [3.05, 3.63) is 0 Å². The van der Waals surface area contributed by atoms with Gasteiger partial charge in [-0.1, -0.05) is 96.8 Å².